The van der Waals surface area contributed by atoms with Crippen molar-refractivity contribution in [2.24, 2.45) is 13.0 Å². The number of amides is 1. The van der Waals surface area contributed by atoms with Crippen LogP contribution in [0.15, 0.2) is 59.6 Å². The minimum atomic E-state index is -0.316. The monoisotopic (exact) mass is 445 g/mol. The van der Waals surface area contributed by atoms with Gasteiger partial charge in [0.05, 0.1) is 25.4 Å². The van der Waals surface area contributed by atoms with Gasteiger partial charge in [-0.1, -0.05) is 26.0 Å². The maximum atomic E-state index is 13.2. The molecule has 0 fully saturated rings. The molecule has 0 saturated carbocycles. The van der Waals surface area contributed by atoms with Crippen LogP contribution in [-0.4, -0.2) is 26.1 Å². The number of imidazole rings is 1. The van der Waals surface area contributed by atoms with Gasteiger partial charge in [0.15, 0.2) is 0 Å². The Morgan fingerprint density at radius 3 is 2.91 bits per heavy atom. The fourth-order valence-electron chi connectivity index (χ4n) is 4.90. The molecule has 0 radical (unpaired) electrons. The van der Waals surface area contributed by atoms with Gasteiger partial charge in [0.25, 0.3) is 0 Å². The van der Waals surface area contributed by atoms with Crippen LogP contribution in [0, 0.1) is 5.92 Å². The molecule has 1 aliphatic heterocycles. The topological polar surface area (TPSA) is 77.0 Å². The minimum absolute atomic E-state index is 0.00189. The average molecular weight is 446 g/mol. The molecular formula is C26H31N5O2. The number of benzene rings is 1. The number of nitrogens with zero attached hydrogens (tertiary/aromatic N) is 3. The third-order valence-electron chi connectivity index (χ3n) is 6.49. The quantitative estimate of drug-likeness (QED) is 0.452. The van der Waals surface area contributed by atoms with E-state index in [-0.39, 0.29) is 18.0 Å². The van der Waals surface area contributed by atoms with Gasteiger partial charge in [0.2, 0.25) is 5.91 Å². The summed E-state index contributed by atoms with van der Waals surface area (Å²) in [5.74, 6) is 2.26. The fraction of sp³-hybridized carbons (Fsp3) is 0.385. The number of aryl methyl sites for hydroxylation is 1. The number of furan rings is 1. The largest absolute Gasteiger partial charge is 0.467 e. The Morgan fingerprint density at radius 1 is 1.30 bits per heavy atom. The predicted octanol–water partition coefficient (Wildman–Crippen LogP) is 3.93. The molecule has 4 heterocycles. The molecule has 0 aliphatic carbocycles. The van der Waals surface area contributed by atoms with E-state index < -0.39 is 0 Å². The van der Waals surface area contributed by atoms with Crippen LogP contribution in [0.3, 0.4) is 0 Å². The number of carbonyl (C=O) groups is 1. The summed E-state index contributed by atoms with van der Waals surface area (Å²) in [4.78, 5) is 17.7. The Labute approximate surface area is 193 Å². The van der Waals surface area contributed by atoms with Crippen molar-refractivity contribution in [2.45, 2.75) is 51.9 Å². The van der Waals surface area contributed by atoms with Crippen molar-refractivity contribution in [3.8, 4) is 0 Å². The molecule has 1 aromatic carbocycles. The molecule has 7 heteroatoms. The Morgan fingerprint density at radius 2 is 2.18 bits per heavy atom. The summed E-state index contributed by atoms with van der Waals surface area (Å²) in [6.45, 7) is 5.54. The second kappa shape index (κ2) is 8.90. The number of nitrogens with one attached hydrogen (secondary N) is 2. The summed E-state index contributed by atoms with van der Waals surface area (Å²) in [7, 11) is 2.02. The number of aromatic nitrogens is 3. The first-order chi connectivity index (χ1) is 16.0. The Kier molecular flexibility index (Phi) is 5.81. The first-order valence-corrected chi connectivity index (χ1v) is 11.6. The molecule has 0 saturated heterocycles. The minimum Gasteiger partial charge on any atom is -0.467 e. The van der Waals surface area contributed by atoms with E-state index in [2.05, 4.69) is 63.0 Å². The summed E-state index contributed by atoms with van der Waals surface area (Å²) in [5.41, 5.74) is 3.67. The van der Waals surface area contributed by atoms with Gasteiger partial charge >= 0.3 is 0 Å². The summed E-state index contributed by atoms with van der Waals surface area (Å²) < 4.78 is 9.70. The highest BCUT2D eigenvalue weighted by Crippen LogP contribution is 2.36. The second-order valence-electron chi connectivity index (χ2n) is 9.38. The molecule has 2 atom stereocenters. The van der Waals surface area contributed by atoms with Gasteiger partial charge in [-0.25, -0.2) is 4.98 Å². The molecule has 7 nitrogen and oxygen atoms in total. The first-order valence-electron chi connectivity index (χ1n) is 11.6. The molecule has 2 N–H and O–H groups in total. The summed E-state index contributed by atoms with van der Waals surface area (Å²) in [6.07, 6.45) is 9.23. The standard InChI is InChI=1S/C26H31N5O2/c1-17(2)12-21-20-7-4-8-23-25(20)18(15-31(23)16-24-27-9-10-30(24)3)13-22(29-21)26(32)28-14-19-6-5-11-33-19/h4-11,15,17,21-22,29H,12-14,16H2,1-3H3,(H,28,32)/t21-,22-/m0/s1. The van der Waals surface area contributed by atoms with Crippen LogP contribution in [0.5, 0.6) is 0 Å². The smallest absolute Gasteiger partial charge is 0.237 e. The maximum Gasteiger partial charge on any atom is 0.237 e. The molecule has 1 amide bonds. The van der Waals surface area contributed by atoms with Crippen LogP contribution in [0.4, 0.5) is 0 Å². The third-order valence-corrected chi connectivity index (χ3v) is 6.49. The molecule has 0 bridgehead atoms. The van der Waals surface area contributed by atoms with Crippen molar-refractivity contribution in [1.82, 2.24) is 24.8 Å². The van der Waals surface area contributed by atoms with Crippen LogP contribution >= 0.6 is 0 Å². The summed E-state index contributed by atoms with van der Waals surface area (Å²) in [6, 6.07) is 10.0. The zero-order valence-electron chi connectivity index (χ0n) is 19.4. The van der Waals surface area contributed by atoms with E-state index in [4.69, 9.17) is 4.42 Å². The average Bonchev–Trinajstić information content (AvgIpc) is 3.50. The van der Waals surface area contributed by atoms with Gasteiger partial charge in [0.1, 0.15) is 11.6 Å². The fourth-order valence-corrected chi connectivity index (χ4v) is 4.90. The molecule has 5 rings (SSSR count). The van der Waals surface area contributed by atoms with Crippen molar-refractivity contribution >= 4 is 16.8 Å². The third kappa shape index (κ3) is 4.33. The number of carbonyl (C=O) groups excluding carboxylic acids is 1. The molecule has 0 unspecified atom stereocenters. The van der Waals surface area contributed by atoms with Crippen LogP contribution in [0.1, 0.15) is 49.0 Å². The van der Waals surface area contributed by atoms with E-state index in [1.54, 1.807) is 6.26 Å². The zero-order valence-corrected chi connectivity index (χ0v) is 19.4. The van der Waals surface area contributed by atoms with Gasteiger partial charge in [-0.15, -0.1) is 0 Å². The summed E-state index contributed by atoms with van der Waals surface area (Å²) in [5, 5.41) is 8.00. The SMILES string of the molecule is CC(C)C[C@@H]1N[C@H](C(=O)NCc2ccco2)Cc2cn(Cc3nccn3C)c3cccc1c23. The highest BCUT2D eigenvalue weighted by Gasteiger charge is 2.31. The van der Waals surface area contributed by atoms with Crippen molar-refractivity contribution in [2.75, 3.05) is 0 Å². The lowest BCUT2D eigenvalue weighted by atomic mass is 9.94. The highest BCUT2D eigenvalue weighted by molar-refractivity contribution is 5.90. The van der Waals surface area contributed by atoms with Gasteiger partial charge in [0, 0.05) is 42.6 Å². The lowest BCUT2D eigenvalue weighted by Gasteiger charge is -2.25. The molecule has 3 aromatic heterocycles. The molecule has 1 aliphatic rings. The highest BCUT2D eigenvalue weighted by atomic mass is 16.3. The number of rotatable bonds is 7. The van der Waals surface area contributed by atoms with Crippen LogP contribution < -0.4 is 10.6 Å². The van der Waals surface area contributed by atoms with Gasteiger partial charge in [-0.3, -0.25) is 10.1 Å². The van der Waals surface area contributed by atoms with E-state index >= 15 is 0 Å². The molecule has 4 aromatic rings. The first kappa shape index (κ1) is 21.5. The zero-order chi connectivity index (χ0) is 22.9. The molecule has 0 spiro atoms. The van der Waals surface area contributed by atoms with Gasteiger partial charge in [-0.2, -0.15) is 0 Å². The lowest BCUT2D eigenvalue weighted by molar-refractivity contribution is -0.123. The lowest BCUT2D eigenvalue weighted by Crippen LogP contribution is -2.46. The van der Waals surface area contributed by atoms with Crippen molar-refractivity contribution in [3.05, 3.63) is 77.9 Å². The Balaban J connectivity index is 1.50. The molecule has 33 heavy (non-hydrogen) atoms. The van der Waals surface area contributed by atoms with E-state index in [1.165, 1.54) is 22.0 Å². The number of hydrogen-bond acceptors (Lipinski definition) is 4. The van der Waals surface area contributed by atoms with E-state index in [9.17, 15) is 4.79 Å². The normalized spacial score (nSPS) is 18.1. The van der Waals surface area contributed by atoms with E-state index in [0.29, 0.717) is 25.4 Å². The number of hydrogen-bond donors (Lipinski definition) is 2. The van der Waals surface area contributed by atoms with E-state index in [1.807, 2.05) is 31.6 Å². The summed E-state index contributed by atoms with van der Waals surface area (Å²) >= 11 is 0. The van der Waals surface area contributed by atoms with Crippen LogP contribution in [0.25, 0.3) is 10.9 Å². The van der Waals surface area contributed by atoms with E-state index in [0.717, 1.165) is 18.0 Å². The Hall–Kier alpha value is -3.32. The van der Waals surface area contributed by atoms with Crippen molar-refractivity contribution in [3.63, 3.8) is 0 Å². The predicted molar refractivity (Wildman–Crippen MR) is 128 cm³/mol. The second-order valence-corrected chi connectivity index (χ2v) is 9.38. The van der Waals surface area contributed by atoms with Gasteiger partial charge in [-0.05, 0) is 48.1 Å². The molecule has 172 valence electrons. The Bertz CT molecular complexity index is 1250. The molecular weight excluding hydrogens is 414 g/mol. The van der Waals surface area contributed by atoms with Crippen LogP contribution in [-0.2, 0) is 31.4 Å². The van der Waals surface area contributed by atoms with Crippen molar-refractivity contribution in [1.29, 1.82) is 0 Å². The van der Waals surface area contributed by atoms with Crippen LogP contribution in [0.2, 0.25) is 0 Å². The maximum absolute atomic E-state index is 13.2. The van der Waals surface area contributed by atoms with Crippen molar-refractivity contribution < 1.29 is 9.21 Å². The van der Waals surface area contributed by atoms with Gasteiger partial charge < -0.3 is 18.9 Å².